The van der Waals surface area contributed by atoms with Gasteiger partial charge in [0, 0.05) is 13.0 Å². The smallest absolute Gasteiger partial charge is 0.322 e. The molecule has 1 aromatic carbocycles. The third-order valence-corrected chi connectivity index (χ3v) is 4.88. The molecule has 0 aliphatic carbocycles. The van der Waals surface area contributed by atoms with E-state index >= 15 is 0 Å². The Balaban J connectivity index is 2.11. The molecule has 1 fully saturated rings. The van der Waals surface area contributed by atoms with Gasteiger partial charge in [-0.1, -0.05) is 30.3 Å². The van der Waals surface area contributed by atoms with E-state index in [-0.39, 0.29) is 13.0 Å². The molecule has 2 rings (SSSR count). The quantitative estimate of drug-likeness (QED) is 0.302. The summed E-state index contributed by atoms with van der Waals surface area (Å²) < 4.78 is 0. The van der Waals surface area contributed by atoms with Crippen molar-refractivity contribution < 1.29 is 34.2 Å². The van der Waals surface area contributed by atoms with Crippen molar-refractivity contribution in [3.8, 4) is 0 Å². The van der Waals surface area contributed by atoms with Crippen molar-refractivity contribution in [2.75, 3.05) is 13.1 Å². The number of carboxylic acids is 2. The van der Waals surface area contributed by atoms with E-state index in [0.29, 0.717) is 12.8 Å². The van der Waals surface area contributed by atoms with E-state index in [0.717, 1.165) is 5.56 Å². The Morgan fingerprint density at radius 2 is 1.77 bits per heavy atom. The molecule has 6 N–H and O–H groups in total. The molecule has 1 aromatic rings. The van der Waals surface area contributed by atoms with Gasteiger partial charge in [0.25, 0.3) is 0 Å². The average Bonchev–Trinajstić information content (AvgIpc) is 3.21. The lowest BCUT2D eigenvalue weighted by atomic mass is 10.0. The molecule has 0 saturated carbocycles. The van der Waals surface area contributed by atoms with Crippen molar-refractivity contribution in [2.45, 2.75) is 43.8 Å². The van der Waals surface area contributed by atoms with Crippen LogP contribution in [0.25, 0.3) is 0 Å². The SMILES string of the molecule is NC(CC(=O)O)C(=O)N1CCCC1C(=O)NC(Cc1ccccc1)C(=O)NCC(=O)O. The number of carbonyl (C=O) groups excluding carboxylic acids is 3. The zero-order valence-corrected chi connectivity index (χ0v) is 16.8. The van der Waals surface area contributed by atoms with Gasteiger partial charge in [0.15, 0.2) is 0 Å². The van der Waals surface area contributed by atoms with Crippen LogP contribution >= 0.6 is 0 Å². The Morgan fingerprint density at radius 3 is 2.39 bits per heavy atom. The monoisotopic (exact) mass is 434 g/mol. The Hall–Kier alpha value is -3.47. The van der Waals surface area contributed by atoms with Crippen LogP contribution in [0.15, 0.2) is 30.3 Å². The molecule has 1 heterocycles. The van der Waals surface area contributed by atoms with Crippen molar-refractivity contribution in [1.29, 1.82) is 0 Å². The Bertz CT molecular complexity index is 830. The predicted molar refractivity (Wildman–Crippen MR) is 108 cm³/mol. The second-order valence-electron chi connectivity index (χ2n) is 7.26. The zero-order valence-electron chi connectivity index (χ0n) is 16.8. The molecule has 31 heavy (non-hydrogen) atoms. The summed E-state index contributed by atoms with van der Waals surface area (Å²) in [5.41, 5.74) is 6.41. The molecule has 3 amide bonds. The first kappa shape index (κ1) is 23.8. The first-order valence-electron chi connectivity index (χ1n) is 9.80. The van der Waals surface area contributed by atoms with Crippen LogP contribution in [-0.2, 0) is 30.4 Å². The molecule has 3 atom stereocenters. The van der Waals surface area contributed by atoms with Crippen molar-refractivity contribution in [3.05, 3.63) is 35.9 Å². The van der Waals surface area contributed by atoms with Gasteiger partial charge in [-0.25, -0.2) is 0 Å². The minimum Gasteiger partial charge on any atom is -0.481 e. The third kappa shape index (κ3) is 7.07. The van der Waals surface area contributed by atoms with Crippen LogP contribution in [0.5, 0.6) is 0 Å². The largest absolute Gasteiger partial charge is 0.481 e. The maximum atomic E-state index is 12.9. The molecule has 0 radical (unpaired) electrons. The molecular formula is C20H26N4O7. The summed E-state index contributed by atoms with van der Waals surface area (Å²) in [6.45, 7) is -0.350. The van der Waals surface area contributed by atoms with Crippen molar-refractivity contribution >= 4 is 29.7 Å². The molecule has 168 valence electrons. The van der Waals surface area contributed by atoms with E-state index in [1.54, 1.807) is 30.3 Å². The third-order valence-electron chi connectivity index (χ3n) is 4.88. The van der Waals surface area contributed by atoms with Gasteiger partial charge in [0.2, 0.25) is 17.7 Å². The molecule has 1 aliphatic rings. The second kappa shape index (κ2) is 11.1. The molecule has 1 aliphatic heterocycles. The van der Waals surface area contributed by atoms with Crippen LogP contribution in [0, 0.1) is 0 Å². The van der Waals surface area contributed by atoms with Crippen LogP contribution < -0.4 is 16.4 Å². The van der Waals surface area contributed by atoms with E-state index in [1.807, 2.05) is 0 Å². The Morgan fingerprint density at radius 1 is 1.10 bits per heavy atom. The minimum absolute atomic E-state index is 0.122. The fourth-order valence-corrected chi connectivity index (χ4v) is 3.40. The number of nitrogens with two attached hydrogens (primary N) is 1. The number of hydrogen-bond donors (Lipinski definition) is 5. The highest BCUT2D eigenvalue weighted by molar-refractivity contribution is 5.94. The lowest BCUT2D eigenvalue weighted by molar-refractivity contribution is -0.144. The number of aliphatic carboxylic acids is 2. The highest BCUT2D eigenvalue weighted by atomic mass is 16.4. The lowest BCUT2D eigenvalue weighted by Crippen LogP contribution is -2.56. The number of hydrogen-bond acceptors (Lipinski definition) is 6. The second-order valence-corrected chi connectivity index (χ2v) is 7.26. The first-order chi connectivity index (χ1) is 14.7. The van der Waals surface area contributed by atoms with Crippen LogP contribution in [0.1, 0.15) is 24.8 Å². The van der Waals surface area contributed by atoms with Gasteiger partial charge in [0.05, 0.1) is 12.5 Å². The summed E-state index contributed by atoms with van der Waals surface area (Å²) in [6, 6.07) is 5.64. The maximum absolute atomic E-state index is 12.9. The van der Waals surface area contributed by atoms with Crippen LogP contribution in [0.2, 0.25) is 0 Å². The summed E-state index contributed by atoms with van der Waals surface area (Å²) in [4.78, 5) is 60.7. The van der Waals surface area contributed by atoms with Gasteiger partial charge < -0.3 is 31.5 Å². The molecule has 11 nitrogen and oxygen atoms in total. The number of amides is 3. The van der Waals surface area contributed by atoms with Gasteiger partial charge in [-0.2, -0.15) is 0 Å². The molecule has 3 unspecified atom stereocenters. The van der Waals surface area contributed by atoms with Crippen LogP contribution in [-0.4, -0.2) is 76.0 Å². The Kier molecular flexibility index (Phi) is 8.50. The molecule has 11 heteroatoms. The fraction of sp³-hybridized carbons (Fsp3) is 0.450. The van der Waals surface area contributed by atoms with Crippen molar-refractivity contribution in [1.82, 2.24) is 15.5 Å². The molecule has 0 spiro atoms. The van der Waals surface area contributed by atoms with Gasteiger partial charge in [-0.15, -0.1) is 0 Å². The normalized spacial score (nSPS) is 17.5. The molecule has 1 saturated heterocycles. The fourth-order valence-electron chi connectivity index (χ4n) is 3.40. The summed E-state index contributed by atoms with van der Waals surface area (Å²) in [7, 11) is 0. The van der Waals surface area contributed by atoms with Crippen LogP contribution in [0.3, 0.4) is 0 Å². The number of carbonyl (C=O) groups is 5. The number of likely N-dealkylation sites (tertiary alicyclic amines) is 1. The van der Waals surface area contributed by atoms with Crippen molar-refractivity contribution in [3.63, 3.8) is 0 Å². The van der Waals surface area contributed by atoms with Gasteiger partial charge in [-0.3, -0.25) is 24.0 Å². The van der Waals surface area contributed by atoms with Crippen LogP contribution in [0.4, 0.5) is 0 Å². The number of rotatable bonds is 10. The average molecular weight is 434 g/mol. The first-order valence-corrected chi connectivity index (χ1v) is 9.80. The highest BCUT2D eigenvalue weighted by Gasteiger charge is 2.38. The van der Waals surface area contributed by atoms with E-state index in [1.165, 1.54) is 4.90 Å². The van der Waals surface area contributed by atoms with E-state index in [4.69, 9.17) is 15.9 Å². The topological polar surface area (TPSA) is 179 Å². The Labute approximate surface area is 178 Å². The van der Waals surface area contributed by atoms with Gasteiger partial charge in [0.1, 0.15) is 18.6 Å². The standard InChI is InChI=1S/C20H26N4O7/c21-13(10-16(25)26)20(31)24-8-4-7-15(24)19(30)23-14(18(29)22-11-17(27)28)9-12-5-2-1-3-6-12/h1-3,5-6,13-15H,4,7-11,21H2,(H,22,29)(H,23,30)(H,25,26)(H,27,28). The number of carboxylic acid groups (broad SMARTS) is 2. The molecular weight excluding hydrogens is 408 g/mol. The van der Waals surface area contributed by atoms with E-state index < -0.39 is 60.8 Å². The van der Waals surface area contributed by atoms with E-state index in [9.17, 15) is 24.0 Å². The zero-order chi connectivity index (χ0) is 23.0. The number of benzene rings is 1. The molecule has 0 aromatic heterocycles. The van der Waals surface area contributed by atoms with E-state index in [2.05, 4.69) is 10.6 Å². The number of nitrogens with one attached hydrogen (secondary N) is 2. The lowest BCUT2D eigenvalue weighted by Gasteiger charge is -2.28. The number of nitrogens with zero attached hydrogens (tertiary/aromatic N) is 1. The van der Waals surface area contributed by atoms with Gasteiger partial charge >= 0.3 is 11.9 Å². The van der Waals surface area contributed by atoms with Gasteiger partial charge in [-0.05, 0) is 18.4 Å². The molecule has 0 bridgehead atoms. The minimum atomic E-state index is -1.27. The summed E-state index contributed by atoms with van der Waals surface area (Å²) >= 11 is 0. The predicted octanol–water partition coefficient (Wildman–Crippen LogP) is -1.29. The summed E-state index contributed by atoms with van der Waals surface area (Å²) in [5.74, 6) is -4.34. The summed E-state index contributed by atoms with van der Waals surface area (Å²) in [6.07, 6.45) is 0.430. The summed E-state index contributed by atoms with van der Waals surface area (Å²) in [5, 5.41) is 22.5. The maximum Gasteiger partial charge on any atom is 0.322 e. The highest BCUT2D eigenvalue weighted by Crippen LogP contribution is 2.19. The van der Waals surface area contributed by atoms with Crippen molar-refractivity contribution in [2.24, 2.45) is 5.73 Å².